The molecule has 2 rings (SSSR count). The summed E-state index contributed by atoms with van der Waals surface area (Å²) in [5, 5.41) is 8.23. The fraction of sp³-hybridized carbons (Fsp3) is 0.471. The molecule has 0 saturated carbocycles. The first-order valence-electron chi connectivity index (χ1n) is 7.83. The Hall–Kier alpha value is -2.37. The number of hydrogen-bond acceptors (Lipinski definition) is 4. The van der Waals surface area contributed by atoms with Gasteiger partial charge in [0, 0.05) is 19.2 Å². The Bertz CT molecular complexity index is 681. The Morgan fingerprint density at radius 3 is 2.83 bits per heavy atom. The maximum atomic E-state index is 12.6. The molecule has 0 fully saturated rings. The van der Waals surface area contributed by atoms with E-state index < -0.39 is 0 Å². The average Bonchev–Trinajstić information content (AvgIpc) is 2.95. The van der Waals surface area contributed by atoms with Crippen molar-refractivity contribution in [2.75, 3.05) is 14.2 Å². The SMILES string of the molecule is CCC[C@@H](C)N(C)C(=O)c1nnn(-c2cccc(OC)c2)c1C. The summed E-state index contributed by atoms with van der Waals surface area (Å²) < 4.78 is 6.89. The minimum atomic E-state index is -0.0994. The lowest BCUT2D eigenvalue weighted by Gasteiger charge is -2.23. The van der Waals surface area contributed by atoms with Crippen LogP contribution in [0.1, 0.15) is 42.9 Å². The number of rotatable bonds is 6. The zero-order valence-electron chi connectivity index (χ0n) is 14.4. The largest absolute Gasteiger partial charge is 0.497 e. The van der Waals surface area contributed by atoms with Gasteiger partial charge in [-0.15, -0.1) is 5.10 Å². The summed E-state index contributed by atoms with van der Waals surface area (Å²) >= 11 is 0. The van der Waals surface area contributed by atoms with Gasteiger partial charge in [0.1, 0.15) is 5.75 Å². The minimum absolute atomic E-state index is 0.0994. The maximum Gasteiger partial charge on any atom is 0.276 e. The molecule has 0 N–H and O–H groups in total. The molecule has 1 aromatic carbocycles. The summed E-state index contributed by atoms with van der Waals surface area (Å²) in [5.41, 5.74) is 1.93. The van der Waals surface area contributed by atoms with Crippen molar-refractivity contribution in [2.24, 2.45) is 0 Å². The molecule has 0 aliphatic rings. The predicted molar refractivity (Wildman–Crippen MR) is 89.1 cm³/mol. The van der Waals surface area contributed by atoms with Crippen LogP contribution in [0.2, 0.25) is 0 Å². The van der Waals surface area contributed by atoms with E-state index in [1.807, 2.05) is 45.2 Å². The van der Waals surface area contributed by atoms with Crippen LogP contribution < -0.4 is 4.74 Å². The van der Waals surface area contributed by atoms with Crippen molar-refractivity contribution in [3.63, 3.8) is 0 Å². The molecular weight excluding hydrogens is 292 g/mol. The molecule has 6 nitrogen and oxygen atoms in total. The second-order valence-electron chi connectivity index (χ2n) is 5.69. The van der Waals surface area contributed by atoms with Crippen molar-refractivity contribution in [1.82, 2.24) is 19.9 Å². The number of carbonyl (C=O) groups is 1. The quantitative estimate of drug-likeness (QED) is 0.822. The monoisotopic (exact) mass is 316 g/mol. The molecular formula is C17H24N4O2. The van der Waals surface area contributed by atoms with Crippen LogP contribution in [0.3, 0.4) is 0 Å². The van der Waals surface area contributed by atoms with Gasteiger partial charge in [0.25, 0.3) is 5.91 Å². The van der Waals surface area contributed by atoms with Crippen LogP contribution in [0.5, 0.6) is 5.75 Å². The highest BCUT2D eigenvalue weighted by atomic mass is 16.5. The molecule has 0 unspecified atom stereocenters. The normalized spacial score (nSPS) is 12.0. The van der Waals surface area contributed by atoms with Crippen molar-refractivity contribution in [3.05, 3.63) is 35.7 Å². The lowest BCUT2D eigenvalue weighted by atomic mass is 10.1. The number of amides is 1. The fourth-order valence-corrected chi connectivity index (χ4v) is 2.49. The molecule has 0 bridgehead atoms. The third-order valence-electron chi connectivity index (χ3n) is 4.08. The Morgan fingerprint density at radius 1 is 1.43 bits per heavy atom. The van der Waals surface area contributed by atoms with Gasteiger partial charge < -0.3 is 9.64 Å². The molecule has 0 spiro atoms. The van der Waals surface area contributed by atoms with E-state index in [2.05, 4.69) is 17.2 Å². The molecule has 1 atom stereocenters. The van der Waals surface area contributed by atoms with Gasteiger partial charge in [-0.25, -0.2) is 4.68 Å². The molecule has 2 aromatic rings. The maximum absolute atomic E-state index is 12.6. The van der Waals surface area contributed by atoms with Gasteiger partial charge in [0.05, 0.1) is 18.5 Å². The van der Waals surface area contributed by atoms with Gasteiger partial charge >= 0.3 is 0 Å². The third kappa shape index (κ3) is 3.52. The van der Waals surface area contributed by atoms with Crippen LogP contribution in [-0.2, 0) is 0 Å². The van der Waals surface area contributed by atoms with Gasteiger partial charge in [0.2, 0.25) is 0 Å². The van der Waals surface area contributed by atoms with Crippen molar-refractivity contribution in [1.29, 1.82) is 0 Å². The third-order valence-corrected chi connectivity index (χ3v) is 4.08. The lowest BCUT2D eigenvalue weighted by Crippen LogP contribution is -2.35. The van der Waals surface area contributed by atoms with E-state index in [0.29, 0.717) is 5.69 Å². The van der Waals surface area contributed by atoms with E-state index in [0.717, 1.165) is 30.0 Å². The number of aromatic nitrogens is 3. The summed E-state index contributed by atoms with van der Waals surface area (Å²) in [5.74, 6) is 0.636. The first-order chi connectivity index (χ1) is 11.0. The van der Waals surface area contributed by atoms with Crippen LogP contribution in [0.15, 0.2) is 24.3 Å². The van der Waals surface area contributed by atoms with Crippen LogP contribution in [0, 0.1) is 6.92 Å². The molecule has 1 amide bonds. The molecule has 0 saturated heterocycles. The fourth-order valence-electron chi connectivity index (χ4n) is 2.49. The van der Waals surface area contributed by atoms with Gasteiger partial charge in [-0.2, -0.15) is 0 Å². The minimum Gasteiger partial charge on any atom is -0.497 e. The number of benzene rings is 1. The van der Waals surface area contributed by atoms with Crippen molar-refractivity contribution in [3.8, 4) is 11.4 Å². The van der Waals surface area contributed by atoms with E-state index >= 15 is 0 Å². The Labute approximate surface area is 137 Å². The van der Waals surface area contributed by atoms with Crippen LogP contribution in [0.25, 0.3) is 5.69 Å². The van der Waals surface area contributed by atoms with Crippen LogP contribution >= 0.6 is 0 Å². The van der Waals surface area contributed by atoms with Crippen molar-refractivity contribution < 1.29 is 9.53 Å². The van der Waals surface area contributed by atoms with Crippen LogP contribution in [-0.4, -0.2) is 46.0 Å². The van der Waals surface area contributed by atoms with Crippen LogP contribution in [0.4, 0.5) is 0 Å². The highest BCUT2D eigenvalue weighted by Crippen LogP contribution is 2.19. The number of nitrogens with zero attached hydrogens (tertiary/aromatic N) is 4. The number of hydrogen-bond donors (Lipinski definition) is 0. The summed E-state index contributed by atoms with van der Waals surface area (Å²) in [7, 11) is 3.43. The smallest absolute Gasteiger partial charge is 0.276 e. The van der Waals surface area contributed by atoms with E-state index in [9.17, 15) is 4.79 Å². The highest BCUT2D eigenvalue weighted by Gasteiger charge is 2.23. The molecule has 0 aliphatic heterocycles. The van der Waals surface area contributed by atoms with E-state index in [1.165, 1.54) is 0 Å². The second-order valence-corrected chi connectivity index (χ2v) is 5.69. The average molecular weight is 316 g/mol. The Kier molecular flexibility index (Phi) is 5.36. The number of methoxy groups -OCH3 is 1. The molecule has 0 aliphatic carbocycles. The molecule has 1 aromatic heterocycles. The van der Waals surface area contributed by atoms with E-state index in [-0.39, 0.29) is 11.9 Å². The second kappa shape index (κ2) is 7.26. The summed E-state index contributed by atoms with van der Waals surface area (Å²) in [6.45, 7) is 6.01. The Balaban J connectivity index is 2.30. The lowest BCUT2D eigenvalue weighted by molar-refractivity contribution is 0.0730. The van der Waals surface area contributed by atoms with Gasteiger partial charge in [-0.05, 0) is 32.4 Å². The molecule has 0 radical (unpaired) electrons. The van der Waals surface area contributed by atoms with Crippen molar-refractivity contribution in [2.45, 2.75) is 39.7 Å². The van der Waals surface area contributed by atoms with Gasteiger partial charge in [-0.1, -0.05) is 24.6 Å². The standard InChI is InChI=1S/C17H24N4O2/c1-6-8-12(2)20(4)17(22)16-13(3)21(19-18-16)14-9-7-10-15(11-14)23-5/h7,9-12H,6,8H2,1-5H3/t12-/m1/s1. The van der Waals surface area contributed by atoms with E-state index in [1.54, 1.807) is 16.7 Å². The number of ether oxygens (including phenoxy) is 1. The molecule has 124 valence electrons. The summed E-state index contributed by atoms with van der Waals surface area (Å²) in [4.78, 5) is 14.4. The number of carbonyl (C=O) groups excluding carboxylic acids is 1. The molecule has 1 heterocycles. The first kappa shape index (κ1) is 17.0. The van der Waals surface area contributed by atoms with Crippen molar-refractivity contribution >= 4 is 5.91 Å². The highest BCUT2D eigenvalue weighted by molar-refractivity contribution is 5.93. The summed E-state index contributed by atoms with van der Waals surface area (Å²) in [6, 6.07) is 7.68. The zero-order valence-corrected chi connectivity index (χ0v) is 14.4. The van der Waals surface area contributed by atoms with E-state index in [4.69, 9.17) is 4.74 Å². The van der Waals surface area contributed by atoms with Gasteiger partial charge in [-0.3, -0.25) is 4.79 Å². The zero-order chi connectivity index (χ0) is 17.0. The Morgan fingerprint density at radius 2 is 2.17 bits per heavy atom. The predicted octanol–water partition coefficient (Wildman–Crippen LogP) is 2.84. The first-order valence-corrected chi connectivity index (χ1v) is 7.83. The molecule has 23 heavy (non-hydrogen) atoms. The summed E-state index contributed by atoms with van der Waals surface area (Å²) in [6.07, 6.45) is 2.00. The molecule has 6 heteroatoms. The van der Waals surface area contributed by atoms with Gasteiger partial charge in [0.15, 0.2) is 5.69 Å². The topological polar surface area (TPSA) is 60.2 Å².